The van der Waals surface area contributed by atoms with Crippen LogP contribution in [0.4, 0.5) is 0 Å². The van der Waals surface area contributed by atoms with E-state index in [1.54, 1.807) is 0 Å². The van der Waals surface area contributed by atoms with Crippen molar-refractivity contribution >= 4 is 0 Å². The molecule has 0 aliphatic heterocycles. The minimum atomic E-state index is 0.279. The van der Waals surface area contributed by atoms with Crippen LogP contribution in [0.5, 0.6) is 0 Å². The normalized spacial score (nSPS) is 32.2. The van der Waals surface area contributed by atoms with Crippen LogP contribution in [-0.2, 0) is 0 Å². The summed E-state index contributed by atoms with van der Waals surface area (Å²) in [6.45, 7) is 4.70. The van der Waals surface area contributed by atoms with Gasteiger partial charge in [0.1, 0.15) is 0 Å². The Bertz CT molecular complexity index is 123. The maximum Gasteiger partial charge on any atom is 0.0584 e. The number of rotatable bonds is 4. The topological polar surface area (TPSA) is 32.3 Å². The Labute approximate surface area is 75.4 Å². The van der Waals surface area contributed by atoms with Gasteiger partial charge in [0.05, 0.1) is 6.61 Å². The third kappa shape index (κ3) is 2.76. The summed E-state index contributed by atoms with van der Waals surface area (Å²) in [5, 5.41) is 12.5. The quantitative estimate of drug-likeness (QED) is 0.672. The van der Waals surface area contributed by atoms with Gasteiger partial charge in [-0.3, -0.25) is 0 Å². The van der Waals surface area contributed by atoms with Gasteiger partial charge in [-0.05, 0) is 31.6 Å². The van der Waals surface area contributed by atoms with Gasteiger partial charge in [0.2, 0.25) is 0 Å². The van der Waals surface area contributed by atoms with Crippen molar-refractivity contribution in [1.29, 1.82) is 0 Å². The average molecular weight is 171 g/mol. The summed E-state index contributed by atoms with van der Waals surface area (Å²) in [7, 11) is 0. The van der Waals surface area contributed by atoms with Crippen molar-refractivity contribution in [2.24, 2.45) is 5.92 Å². The first-order valence-corrected chi connectivity index (χ1v) is 5.13. The van der Waals surface area contributed by atoms with Crippen molar-refractivity contribution in [3.8, 4) is 0 Å². The number of aliphatic hydroxyl groups is 1. The van der Waals surface area contributed by atoms with Crippen molar-refractivity contribution in [3.63, 3.8) is 0 Å². The minimum absolute atomic E-state index is 0.279. The Morgan fingerprint density at radius 3 is 2.67 bits per heavy atom. The van der Waals surface area contributed by atoms with Gasteiger partial charge in [0.15, 0.2) is 0 Å². The predicted octanol–water partition coefficient (Wildman–Crippen LogP) is 1.54. The molecule has 12 heavy (non-hydrogen) atoms. The fraction of sp³-hybridized carbons (Fsp3) is 1.00. The smallest absolute Gasteiger partial charge is 0.0584 e. The molecule has 1 aliphatic rings. The van der Waals surface area contributed by atoms with E-state index in [9.17, 15) is 0 Å². The molecule has 0 aromatic carbocycles. The zero-order chi connectivity index (χ0) is 8.97. The van der Waals surface area contributed by atoms with Gasteiger partial charge >= 0.3 is 0 Å². The third-order valence-electron chi connectivity index (χ3n) is 2.88. The molecule has 0 heterocycles. The highest BCUT2D eigenvalue weighted by atomic mass is 16.3. The van der Waals surface area contributed by atoms with Gasteiger partial charge in [0.25, 0.3) is 0 Å². The summed E-state index contributed by atoms with van der Waals surface area (Å²) in [5.41, 5.74) is 0. The molecule has 2 heteroatoms. The molecular weight excluding hydrogens is 150 g/mol. The molecule has 0 bridgehead atoms. The Balaban J connectivity index is 2.21. The van der Waals surface area contributed by atoms with Gasteiger partial charge in [0, 0.05) is 12.1 Å². The molecule has 0 radical (unpaired) electrons. The Hall–Kier alpha value is -0.0800. The molecule has 2 N–H and O–H groups in total. The highest BCUT2D eigenvalue weighted by Gasteiger charge is 2.22. The Morgan fingerprint density at radius 2 is 2.25 bits per heavy atom. The molecular formula is C10H21NO. The van der Waals surface area contributed by atoms with E-state index in [0.717, 1.165) is 12.3 Å². The molecule has 0 spiro atoms. The first-order valence-electron chi connectivity index (χ1n) is 5.13. The summed E-state index contributed by atoms with van der Waals surface area (Å²) in [5.74, 6) is 0.874. The number of nitrogens with one attached hydrogen (secondary N) is 1. The lowest BCUT2D eigenvalue weighted by Gasteiger charge is -2.19. The highest BCUT2D eigenvalue weighted by molar-refractivity contribution is 4.81. The Kier molecular flexibility index (Phi) is 4.02. The number of hydrogen-bond acceptors (Lipinski definition) is 2. The molecule has 1 fully saturated rings. The lowest BCUT2D eigenvalue weighted by molar-refractivity contribution is 0.227. The van der Waals surface area contributed by atoms with E-state index in [1.165, 1.54) is 19.3 Å². The molecule has 0 saturated heterocycles. The monoisotopic (exact) mass is 171 g/mol. The predicted molar refractivity (Wildman–Crippen MR) is 51.1 cm³/mol. The molecule has 1 aliphatic carbocycles. The highest BCUT2D eigenvalue weighted by Crippen LogP contribution is 2.24. The maximum atomic E-state index is 8.99. The fourth-order valence-electron chi connectivity index (χ4n) is 1.99. The first-order chi connectivity index (χ1) is 5.76. The molecule has 0 aromatic rings. The summed E-state index contributed by atoms with van der Waals surface area (Å²) < 4.78 is 0. The van der Waals surface area contributed by atoms with Crippen molar-refractivity contribution in [1.82, 2.24) is 5.32 Å². The van der Waals surface area contributed by atoms with E-state index in [0.29, 0.717) is 12.1 Å². The second-order valence-corrected chi connectivity index (χ2v) is 4.07. The molecule has 1 rings (SSSR count). The summed E-state index contributed by atoms with van der Waals surface area (Å²) >= 11 is 0. The second-order valence-electron chi connectivity index (χ2n) is 4.07. The zero-order valence-electron chi connectivity index (χ0n) is 8.21. The van der Waals surface area contributed by atoms with Crippen LogP contribution >= 0.6 is 0 Å². The van der Waals surface area contributed by atoms with Crippen LogP contribution in [0.25, 0.3) is 0 Å². The lowest BCUT2D eigenvalue weighted by atomic mass is 10.1. The molecule has 3 atom stereocenters. The van der Waals surface area contributed by atoms with Gasteiger partial charge < -0.3 is 10.4 Å². The third-order valence-corrected chi connectivity index (χ3v) is 2.88. The second kappa shape index (κ2) is 4.83. The Morgan fingerprint density at radius 1 is 1.50 bits per heavy atom. The van der Waals surface area contributed by atoms with Crippen LogP contribution in [0, 0.1) is 5.92 Å². The van der Waals surface area contributed by atoms with Crippen LogP contribution < -0.4 is 5.32 Å². The number of aliphatic hydroxyl groups excluding tert-OH is 1. The van der Waals surface area contributed by atoms with Gasteiger partial charge in [-0.25, -0.2) is 0 Å². The van der Waals surface area contributed by atoms with Crippen LogP contribution in [-0.4, -0.2) is 23.8 Å². The van der Waals surface area contributed by atoms with Crippen LogP contribution in [0.3, 0.4) is 0 Å². The van der Waals surface area contributed by atoms with Gasteiger partial charge in [-0.15, -0.1) is 0 Å². The molecule has 2 nitrogen and oxygen atoms in total. The van der Waals surface area contributed by atoms with Gasteiger partial charge in [-0.1, -0.05) is 13.8 Å². The van der Waals surface area contributed by atoms with Gasteiger partial charge in [-0.2, -0.15) is 0 Å². The SMILES string of the molecule is CC[C@@H](CO)N[C@@H]1CC[C@H](C)C1. The first kappa shape index (κ1) is 10.0. The molecule has 72 valence electrons. The fourth-order valence-corrected chi connectivity index (χ4v) is 1.99. The zero-order valence-corrected chi connectivity index (χ0v) is 8.21. The van der Waals surface area contributed by atoms with E-state index in [1.807, 2.05) is 0 Å². The lowest BCUT2D eigenvalue weighted by Crippen LogP contribution is -2.38. The van der Waals surface area contributed by atoms with Crippen molar-refractivity contribution in [3.05, 3.63) is 0 Å². The van der Waals surface area contributed by atoms with Crippen LogP contribution in [0.15, 0.2) is 0 Å². The van der Waals surface area contributed by atoms with Crippen molar-refractivity contribution in [2.75, 3.05) is 6.61 Å². The van der Waals surface area contributed by atoms with E-state index < -0.39 is 0 Å². The standard InChI is InChI=1S/C10H21NO/c1-3-9(7-12)11-10-5-4-8(2)6-10/h8-12H,3-7H2,1-2H3/t8-,9-,10+/m0/s1. The minimum Gasteiger partial charge on any atom is -0.395 e. The molecule has 0 amide bonds. The maximum absolute atomic E-state index is 8.99. The molecule has 0 aromatic heterocycles. The average Bonchev–Trinajstić information content (AvgIpc) is 2.47. The van der Waals surface area contributed by atoms with E-state index in [2.05, 4.69) is 19.2 Å². The molecule has 0 unspecified atom stereocenters. The molecule has 1 saturated carbocycles. The number of hydrogen-bond donors (Lipinski definition) is 2. The van der Waals surface area contributed by atoms with Crippen LogP contribution in [0.2, 0.25) is 0 Å². The summed E-state index contributed by atoms with van der Waals surface area (Å²) in [4.78, 5) is 0. The van der Waals surface area contributed by atoms with E-state index in [4.69, 9.17) is 5.11 Å². The van der Waals surface area contributed by atoms with Crippen LogP contribution in [0.1, 0.15) is 39.5 Å². The largest absolute Gasteiger partial charge is 0.395 e. The van der Waals surface area contributed by atoms with E-state index >= 15 is 0 Å². The van der Waals surface area contributed by atoms with Crippen molar-refractivity contribution < 1.29 is 5.11 Å². The van der Waals surface area contributed by atoms with E-state index in [-0.39, 0.29) is 6.61 Å². The summed E-state index contributed by atoms with van der Waals surface area (Å²) in [6, 6.07) is 0.984. The van der Waals surface area contributed by atoms with Crippen molar-refractivity contribution in [2.45, 2.75) is 51.6 Å². The summed E-state index contributed by atoms with van der Waals surface area (Å²) in [6.07, 6.45) is 4.95.